The van der Waals surface area contributed by atoms with Crippen LogP contribution in [0.5, 0.6) is 0 Å². The first kappa shape index (κ1) is 17.8. The summed E-state index contributed by atoms with van der Waals surface area (Å²) < 4.78 is 0. The Morgan fingerprint density at radius 2 is 1.75 bits per heavy atom. The average molecular weight is 329 g/mol. The lowest BCUT2D eigenvalue weighted by Crippen LogP contribution is -2.31. The maximum Gasteiger partial charge on any atom is 0.240 e. The van der Waals surface area contributed by atoms with Crippen LogP contribution < -0.4 is 10.7 Å². The van der Waals surface area contributed by atoms with E-state index in [-0.39, 0.29) is 42.3 Å². The number of amides is 2. The normalized spacial score (nSPS) is 18.2. The Hall–Kier alpha value is -2.50. The van der Waals surface area contributed by atoms with Crippen LogP contribution in [0.15, 0.2) is 35.4 Å². The molecule has 1 aliphatic rings. The molecule has 6 heteroatoms. The third kappa shape index (κ3) is 5.95. The summed E-state index contributed by atoms with van der Waals surface area (Å²) in [5.74, 6) is -0.416. The van der Waals surface area contributed by atoms with E-state index in [4.69, 9.17) is 0 Å². The fraction of sp³-hybridized carbons (Fsp3) is 0.444. The van der Waals surface area contributed by atoms with Crippen molar-refractivity contribution in [1.29, 1.82) is 0 Å². The summed E-state index contributed by atoms with van der Waals surface area (Å²) >= 11 is 0. The lowest BCUT2D eigenvalue weighted by Gasteiger charge is -2.28. The molecule has 0 unspecified atom stereocenters. The van der Waals surface area contributed by atoms with Crippen molar-refractivity contribution in [2.24, 2.45) is 10.5 Å². The Labute approximate surface area is 141 Å². The van der Waals surface area contributed by atoms with Crippen LogP contribution in [0.2, 0.25) is 0 Å². The quantitative estimate of drug-likeness (QED) is 0.814. The van der Waals surface area contributed by atoms with Gasteiger partial charge >= 0.3 is 0 Å². The van der Waals surface area contributed by atoms with Crippen molar-refractivity contribution in [3.8, 4) is 0 Å². The number of hydrogen-bond donors (Lipinski definition) is 2. The number of para-hydroxylation sites is 1. The largest absolute Gasteiger partial charge is 0.326 e. The molecule has 2 amide bonds. The summed E-state index contributed by atoms with van der Waals surface area (Å²) in [4.78, 5) is 35.3. The SMILES string of the molecule is CC1(C)CC(=O)C/C(=N\NC(=O)CCC(=O)Nc2ccccc2)C1. The highest BCUT2D eigenvalue weighted by Gasteiger charge is 2.30. The van der Waals surface area contributed by atoms with E-state index in [0.717, 1.165) is 0 Å². The Morgan fingerprint density at radius 1 is 1.08 bits per heavy atom. The van der Waals surface area contributed by atoms with Crippen molar-refractivity contribution >= 4 is 29.0 Å². The van der Waals surface area contributed by atoms with Gasteiger partial charge in [-0.15, -0.1) is 0 Å². The monoisotopic (exact) mass is 329 g/mol. The number of ketones is 1. The summed E-state index contributed by atoms with van der Waals surface area (Å²) in [5.41, 5.74) is 3.72. The Kier molecular flexibility index (Phi) is 5.84. The summed E-state index contributed by atoms with van der Waals surface area (Å²) in [5, 5.41) is 6.78. The van der Waals surface area contributed by atoms with E-state index in [2.05, 4.69) is 15.8 Å². The van der Waals surface area contributed by atoms with Crippen LogP contribution in [0, 0.1) is 5.41 Å². The Morgan fingerprint density at radius 3 is 2.42 bits per heavy atom. The van der Waals surface area contributed by atoms with E-state index in [1.807, 2.05) is 32.0 Å². The lowest BCUT2D eigenvalue weighted by atomic mass is 9.76. The molecule has 0 atom stereocenters. The summed E-state index contributed by atoms with van der Waals surface area (Å²) in [7, 11) is 0. The molecule has 128 valence electrons. The molecule has 1 aromatic carbocycles. The van der Waals surface area contributed by atoms with E-state index >= 15 is 0 Å². The molecule has 0 saturated heterocycles. The van der Waals surface area contributed by atoms with Gasteiger partial charge in [-0.05, 0) is 24.0 Å². The number of carbonyl (C=O) groups is 3. The zero-order valence-corrected chi connectivity index (χ0v) is 14.1. The van der Waals surface area contributed by atoms with Crippen molar-refractivity contribution in [2.75, 3.05) is 5.32 Å². The first-order valence-corrected chi connectivity index (χ1v) is 8.05. The molecule has 0 radical (unpaired) electrons. The van der Waals surface area contributed by atoms with Crippen LogP contribution in [0.3, 0.4) is 0 Å². The number of rotatable bonds is 5. The van der Waals surface area contributed by atoms with Gasteiger partial charge in [0, 0.05) is 37.1 Å². The predicted octanol–water partition coefficient (Wildman–Crippen LogP) is 2.66. The Bertz CT molecular complexity index is 651. The van der Waals surface area contributed by atoms with E-state index in [0.29, 0.717) is 24.2 Å². The second-order valence-corrected chi connectivity index (χ2v) is 6.86. The van der Waals surface area contributed by atoms with Gasteiger partial charge in [-0.2, -0.15) is 5.10 Å². The smallest absolute Gasteiger partial charge is 0.240 e. The number of anilines is 1. The van der Waals surface area contributed by atoms with Gasteiger partial charge in [-0.3, -0.25) is 14.4 Å². The number of carbonyl (C=O) groups excluding carboxylic acids is 3. The molecule has 1 aliphatic carbocycles. The molecule has 6 nitrogen and oxygen atoms in total. The van der Waals surface area contributed by atoms with Gasteiger partial charge in [0.2, 0.25) is 11.8 Å². The maximum atomic E-state index is 11.8. The highest BCUT2D eigenvalue weighted by atomic mass is 16.2. The van der Waals surface area contributed by atoms with Crippen molar-refractivity contribution < 1.29 is 14.4 Å². The van der Waals surface area contributed by atoms with Gasteiger partial charge in [0.1, 0.15) is 5.78 Å². The molecule has 0 heterocycles. The van der Waals surface area contributed by atoms with Crippen LogP contribution in [0.4, 0.5) is 5.69 Å². The predicted molar refractivity (Wildman–Crippen MR) is 92.5 cm³/mol. The zero-order chi connectivity index (χ0) is 17.6. The minimum Gasteiger partial charge on any atom is -0.326 e. The molecular formula is C18H23N3O3. The van der Waals surface area contributed by atoms with Crippen LogP contribution in [0.25, 0.3) is 0 Å². The molecule has 2 rings (SSSR count). The summed E-state index contributed by atoms with van der Waals surface area (Å²) in [6.45, 7) is 4.02. The van der Waals surface area contributed by atoms with Gasteiger partial charge in [0.05, 0.1) is 0 Å². The van der Waals surface area contributed by atoms with E-state index in [9.17, 15) is 14.4 Å². The molecule has 0 aliphatic heterocycles. The molecule has 0 spiro atoms. The lowest BCUT2D eigenvalue weighted by molar-refractivity contribution is -0.124. The second-order valence-electron chi connectivity index (χ2n) is 6.86. The zero-order valence-electron chi connectivity index (χ0n) is 14.1. The van der Waals surface area contributed by atoms with E-state index in [1.165, 1.54) is 0 Å². The molecular weight excluding hydrogens is 306 g/mol. The fourth-order valence-corrected chi connectivity index (χ4v) is 2.75. The molecule has 1 fully saturated rings. The number of benzene rings is 1. The third-order valence-corrected chi connectivity index (χ3v) is 3.73. The highest BCUT2D eigenvalue weighted by Crippen LogP contribution is 2.31. The van der Waals surface area contributed by atoms with Gasteiger partial charge in [0.15, 0.2) is 0 Å². The second kappa shape index (κ2) is 7.86. The number of nitrogens with one attached hydrogen (secondary N) is 2. The van der Waals surface area contributed by atoms with Crippen LogP contribution in [0.1, 0.15) is 46.0 Å². The van der Waals surface area contributed by atoms with Crippen LogP contribution in [-0.2, 0) is 14.4 Å². The van der Waals surface area contributed by atoms with Crippen molar-refractivity contribution in [3.63, 3.8) is 0 Å². The van der Waals surface area contributed by atoms with Crippen LogP contribution in [-0.4, -0.2) is 23.3 Å². The first-order valence-electron chi connectivity index (χ1n) is 8.05. The Balaban J connectivity index is 1.76. The topological polar surface area (TPSA) is 87.6 Å². The number of Topliss-reactive ketones (excluding diaryl/α,β-unsaturated/α-hetero) is 1. The van der Waals surface area contributed by atoms with Crippen molar-refractivity contribution in [3.05, 3.63) is 30.3 Å². The number of nitrogens with zero attached hydrogens (tertiary/aromatic N) is 1. The maximum absolute atomic E-state index is 11.8. The molecule has 24 heavy (non-hydrogen) atoms. The molecule has 0 bridgehead atoms. The molecule has 1 saturated carbocycles. The molecule has 2 N–H and O–H groups in total. The van der Waals surface area contributed by atoms with Gasteiger partial charge in [-0.1, -0.05) is 32.0 Å². The molecule has 0 aromatic heterocycles. The summed E-state index contributed by atoms with van der Waals surface area (Å²) in [6.07, 6.45) is 1.65. The number of hydrogen-bond acceptors (Lipinski definition) is 4. The fourth-order valence-electron chi connectivity index (χ4n) is 2.75. The average Bonchev–Trinajstić information content (AvgIpc) is 2.50. The third-order valence-electron chi connectivity index (χ3n) is 3.73. The first-order chi connectivity index (χ1) is 11.3. The van der Waals surface area contributed by atoms with Crippen molar-refractivity contribution in [1.82, 2.24) is 5.43 Å². The molecule has 1 aromatic rings. The van der Waals surface area contributed by atoms with Crippen LogP contribution >= 0.6 is 0 Å². The van der Waals surface area contributed by atoms with Gasteiger partial charge < -0.3 is 5.32 Å². The van der Waals surface area contributed by atoms with E-state index in [1.54, 1.807) is 12.1 Å². The minimum absolute atomic E-state index is 0.0484. The van der Waals surface area contributed by atoms with E-state index < -0.39 is 0 Å². The standard InChI is InChI=1S/C18H23N3O3/c1-18(2)11-14(10-15(22)12-18)20-21-17(24)9-8-16(23)19-13-6-4-3-5-7-13/h3-7H,8-12H2,1-2H3,(H,19,23)(H,21,24)/b20-14+. The number of hydrazone groups is 1. The summed E-state index contributed by atoms with van der Waals surface area (Å²) in [6, 6.07) is 9.08. The van der Waals surface area contributed by atoms with Gasteiger partial charge in [0.25, 0.3) is 0 Å². The minimum atomic E-state index is -0.332. The van der Waals surface area contributed by atoms with Crippen molar-refractivity contribution in [2.45, 2.75) is 46.0 Å². The highest BCUT2D eigenvalue weighted by molar-refractivity contribution is 6.05. The van der Waals surface area contributed by atoms with Gasteiger partial charge in [-0.25, -0.2) is 5.43 Å².